The van der Waals surface area contributed by atoms with E-state index in [9.17, 15) is 4.79 Å². The molecule has 0 unspecified atom stereocenters. The summed E-state index contributed by atoms with van der Waals surface area (Å²) < 4.78 is 7.69. The van der Waals surface area contributed by atoms with Crippen molar-refractivity contribution >= 4 is 17.2 Å². The molecule has 3 aromatic rings. The molecule has 1 saturated heterocycles. The Morgan fingerprint density at radius 3 is 2.79 bits per heavy atom. The number of anilines is 1. The number of hydrogen-bond donors (Lipinski definition) is 1. The number of nitrogens with one attached hydrogen (secondary N) is 1. The van der Waals surface area contributed by atoms with Gasteiger partial charge in [0.25, 0.3) is 5.91 Å². The smallest absolute Gasteiger partial charge is 0.259 e. The number of likely N-dealkylation sites (tertiary alicyclic amines) is 1. The number of fused-ring (bicyclic) bond motifs is 1. The molecular weight excluding hydrogens is 356 g/mol. The number of aromatic nitrogens is 4. The van der Waals surface area contributed by atoms with Gasteiger partial charge >= 0.3 is 0 Å². The lowest BCUT2D eigenvalue weighted by molar-refractivity contribution is 0.102. The Hall–Kier alpha value is -3.00. The minimum absolute atomic E-state index is 0.159. The summed E-state index contributed by atoms with van der Waals surface area (Å²) in [7, 11) is 2.11. The molecule has 28 heavy (non-hydrogen) atoms. The summed E-state index contributed by atoms with van der Waals surface area (Å²) in [5.74, 6) is 0.289. The highest BCUT2D eigenvalue weighted by Gasteiger charge is 2.19. The van der Waals surface area contributed by atoms with Crippen LogP contribution in [-0.4, -0.2) is 56.6 Å². The molecule has 0 bridgehead atoms. The average molecular weight is 380 g/mol. The lowest BCUT2D eigenvalue weighted by atomic mass is 10.1. The fourth-order valence-electron chi connectivity index (χ4n) is 3.41. The highest BCUT2D eigenvalue weighted by Crippen LogP contribution is 2.20. The van der Waals surface area contributed by atoms with Crippen LogP contribution in [0.5, 0.6) is 5.88 Å². The number of pyridine rings is 1. The van der Waals surface area contributed by atoms with Crippen LogP contribution in [0, 0.1) is 13.8 Å². The van der Waals surface area contributed by atoms with Crippen molar-refractivity contribution in [3.8, 4) is 5.88 Å². The Morgan fingerprint density at radius 1 is 1.21 bits per heavy atom. The maximum absolute atomic E-state index is 12.8. The zero-order valence-electron chi connectivity index (χ0n) is 16.3. The molecule has 1 aliphatic rings. The van der Waals surface area contributed by atoms with Crippen LogP contribution < -0.4 is 10.1 Å². The quantitative estimate of drug-likeness (QED) is 0.748. The van der Waals surface area contributed by atoms with Gasteiger partial charge in [-0.3, -0.25) is 4.79 Å². The number of amides is 1. The van der Waals surface area contributed by atoms with Crippen molar-refractivity contribution in [1.82, 2.24) is 24.5 Å². The number of hydrogen-bond acceptors (Lipinski definition) is 6. The van der Waals surface area contributed by atoms with Crippen LogP contribution in [0.15, 0.2) is 30.6 Å². The van der Waals surface area contributed by atoms with E-state index in [0.717, 1.165) is 43.0 Å². The number of carbonyl (C=O) groups excluding carboxylic acids is 1. The molecule has 1 amide bonds. The molecule has 0 atom stereocenters. The Balaban J connectivity index is 1.48. The SMILES string of the molecule is Cc1cc2ncc(C(=O)Nc3ccnc(OC4CCN(C)CC4)c3)c(C)n2n1. The highest BCUT2D eigenvalue weighted by atomic mass is 16.5. The molecule has 146 valence electrons. The third-order valence-electron chi connectivity index (χ3n) is 5.04. The summed E-state index contributed by atoms with van der Waals surface area (Å²) in [6.45, 7) is 5.79. The highest BCUT2D eigenvalue weighted by molar-refractivity contribution is 6.05. The van der Waals surface area contributed by atoms with Crippen LogP contribution in [0.3, 0.4) is 0 Å². The van der Waals surface area contributed by atoms with Gasteiger partial charge in [0.1, 0.15) is 6.10 Å². The fourth-order valence-corrected chi connectivity index (χ4v) is 3.41. The van der Waals surface area contributed by atoms with Gasteiger partial charge in [-0.25, -0.2) is 14.5 Å². The topological polar surface area (TPSA) is 84.6 Å². The predicted octanol–water partition coefficient (Wildman–Crippen LogP) is 2.47. The molecule has 8 heteroatoms. The fraction of sp³-hybridized carbons (Fsp3) is 0.400. The van der Waals surface area contributed by atoms with E-state index in [0.29, 0.717) is 17.1 Å². The zero-order valence-corrected chi connectivity index (χ0v) is 16.3. The van der Waals surface area contributed by atoms with Crippen LogP contribution in [0.4, 0.5) is 5.69 Å². The van der Waals surface area contributed by atoms with Crippen LogP contribution >= 0.6 is 0 Å². The summed E-state index contributed by atoms with van der Waals surface area (Å²) in [6, 6.07) is 5.39. The largest absolute Gasteiger partial charge is 0.474 e. The number of ether oxygens (including phenoxy) is 1. The lowest BCUT2D eigenvalue weighted by Crippen LogP contribution is -2.35. The molecule has 0 radical (unpaired) electrons. The number of carbonyl (C=O) groups is 1. The summed E-state index contributed by atoms with van der Waals surface area (Å²) in [5, 5.41) is 7.29. The number of nitrogens with zero attached hydrogens (tertiary/aromatic N) is 5. The van der Waals surface area contributed by atoms with Gasteiger partial charge in [-0.2, -0.15) is 5.10 Å². The van der Waals surface area contributed by atoms with Crippen LogP contribution in [0.2, 0.25) is 0 Å². The maximum atomic E-state index is 12.8. The zero-order chi connectivity index (χ0) is 19.7. The summed E-state index contributed by atoms with van der Waals surface area (Å²) in [4.78, 5) is 23.7. The minimum atomic E-state index is -0.239. The molecule has 0 saturated carbocycles. The van der Waals surface area contributed by atoms with Gasteiger partial charge in [0, 0.05) is 43.3 Å². The van der Waals surface area contributed by atoms with E-state index in [1.807, 2.05) is 19.9 Å². The number of rotatable bonds is 4. The molecule has 1 aliphatic heterocycles. The van der Waals surface area contributed by atoms with Gasteiger partial charge in [-0.15, -0.1) is 0 Å². The second-order valence-electron chi connectivity index (χ2n) is 7.27. The second kappa shape index (κ2) is 7.55. The van der Waals surface area contributed by atoms with Crippen molar-refractivity contribution in [3.63, 3.8) is 0 Å². The van der Waals surface area contributed by atoms with Crippen molar-refractivity contribution in [1.29, 1.82) is 0 Å². The molecule has 8 nitrogen and oxygen atoms in total. The van der Waals surface area contributed by atoms with Crippen LogP contribution in [0.1, 0.15) is 34.6 Å². The van der Waals surface area contributed by atoms with Crippen molar-refractivity contribution < 1.29 is 9.53 Å². The van der Waals surface area contributed by atoms with E-state index in [1.54, 1.807) is 29.0 Å². The molecule has 4 heterocycles. The first-order valence-electron chi connectivity index (χ1n) is 9.44. The average Bonchev–Trinajstić information content (AvgIpc) is 3.05. The van der Waals surface area contributed by atoms with Gasteiger partial charge in [0.2, 0.25) is 5.88 Å². The first-order chi connectivity index (χ1) is 13.5. The van der Waals surface area contributed by atoms with Crippen molar-refractivity contribution in [3.05, 3.63) is 47.5 Å². The van der Waals surface area contributed by atoms with Gasteiger partial charge in [0.15, 0.2) is 5.65 Å². The molecule has 0 spiro atoms. The van der Waals surface area contributed by atoms with Gasteiger partial charge < -0.3 is 15.0 Å². The van der Waals surface area contributed by atoms with Gasteiger partial charge in [-0.1, -0.05) is 0 Å². The Kier molecular flexibility index (Phi) is 4.95. The third-order valence-corrected chi connectivity index (χ3v) is 5.04. The van der Waals surface area contributed by atoms with Crippen molar-refractivity contribution in [2.24, 2.45) is 0 Å². The molecule has 4 rings (SSSR count). The van der Waals surface area contributed by atoms with Crippen LogP contribution in [0.25, 0.3) is 5.65 Å². The first kappa shape index (κ1) is 18.4. The van der Waals surface area contributed by atoms with Crippen molar-refractivity contribution in [2.45, 2.75) is 32.8 Å². The Labute approximate surface area is 163 Å². The molecule has 0 aliphatic carbocycles. The van der Waals surface area contributed by atoms with Crippen molar-refractivity contribution in [2.75, 3.05) is 25.5 Å². The predicted molar refractivity (Wildman–Crippen MR) is 106 cm³/mol. The summed E-state index contributed by atoms with van der Waals surface area (Å²) in [6.07, 6.45) is 5.33. The standard InChI is InChI=1S/C20H24N6O2/c1-13-10-18-22-12-17(14(2)26(18)24-13)20(27)23-15-4-7-21-19(11-15)28-16-5-8-25(3)9-6-16/h4,7,10-12,16H,5-6,8-9H2,1-3H3,(H,21,23,27). The maximum Gasteiger partial charge on any atom is 0.259 e. The normalized spacial score (nSPS) is 15.7. The van der Waals surface area contributed by atoms with E-state index in [-0.39, 0.29) is 12.0 Å². The monoisotopic (exact) mass is 380 g/mol. The number of piperidine rings is 1. The lowest BCUT2D eigenvalue weighted by Gasteiger charge is -2.28. The summed E-state index contributed by atoms with van der Waals surface area (Å²) in [5.41, 5.74) is 3.44. The summed E-state index contributed by atoms with van der Waals surface area (Å²) >= 11 is 0. The Morgan fingerprint density at radius 2 is 2.00 bits per heavy atom. The molecule has 0 aromatic carbocycles. The molecular formula is C20H24N6O2. The van der Waals surface area contributed by atoms with Gasteiger partial charge in [-0.05, 0) is 39.8 Å². The number of aryl methyl sites for hydroxylation is 2. The third kappa shape index (κ3) is 3.82. The van der Waals surface area contributed by atoms with Crippen LogP contribution in [-0.2, 0) is 0 Å². The van der Waals surface area contributed by atoms with Gasteiger partial charge in [0.05, 0.1) is 17.0 Å². The molecule has 3 aromatic heterocycles. The first-order valence-corrected chi connectivity index (χ1v) is 9.44. The van der Waals surface area contributed by atoms with E-state index >= 15 is 0 Å². The van der Waals surface area contributed by atoms with E-state index in [4.69, 9.17) is 4.74 Å². The van der Waals surface area contributed by atoms with E-state index in [2.05, 4.69) is 32.3 Å². The molecule has 1 fully saturated rings. The minimum Gasteiger partial charge on any atom is -0.474 e. The molecule has 1 N–H and O–H groups in total. The second-order valence-corrected chi connectivity index (χ2v) is 7.27. The van der Waals surface area contributed by atoms with E-state index < -0.39 is 0 Å². The Bertz CT molecular complexity index is 1010. The van der Waals surface area contributed by atoms with E-state index in [1.165, 1.54) is 0 Å².